The standard InChI is InChI=1S/C16H23ClN2O.ClH/c1-12-9-13(2)11-19(10-12)8-7-16(20)18-15-5-3-14(17)4-6-15;/h3-6,12-13H,7-11H2,1-2H3,(H,18,20);1H. The quantitative estimate of drug-likeness (QED) is 0.902. The van der Waals surface area contributed by atoms with Crippen molar-refractivity contribution < 1.29 is 4.79 Å². The van der Waals surface area contributed by atoms with Crippen LogP contribution in [0.3, 0.4) is 0 Å². The Bertz CT molecular complexity index is 440. The highest BCUT2D eigenvalue weighted by Gasteiger charge is 2.21. The van der Waals surface area contributed by atoms with Gasteiger partial charge in [-0.3, -0.25) is 4.79 Å². The molecule has 0 bridgehead atoms. The molecule has 0 aromatic heterocycles. The van der Waals surface area contributed by atoms with E-state index in [0.717, 1.165) is 37.2 Å². The first kappa shape index (κ1) is 18.3. The van der Waals surface area contributed by atoms with E-state index in [-0.39, 0.29) is 18.3 Å². The van der Waals surface area contributed by atoms with Gasteiger partial charge in [-0.15, -0.1) is 12.4 Å². The fourth-order valence-corrected chi connectivity index (χ4v) is 3.12. The van der Waals surface area contributed by atoms with Crippen LogP contribution in [0.4, 0.5) is 5.69 Å². The number of likely N-dealkylation sites (tertiary alicyclic amines) is 1. The fourth-order valence-electron chi connectivity index (χ4n) is 2.99. The maximum Gasteiger partial charge on any atom is 0.225 e. The molecule has 1 aliphatic rings. The van der Waals surface area contributed by atoms with E-state index in [1.807, 2.05) is 12.1 Å². The lowest BCUT2D eigenvalue weighted by Gasteiger charge is -2.34. The zero-order valence-electron chi connectivity index (χ0n) is 12.6. The molecule has 1 saturated heterocycles. The Labute approximate surface area is 138 Å². The van der Waals surface area contributed by atoms with Crippen LogP contribution in [0, 0.1) is 11.8 Å². The molecule has 0 saturated carbocycles. The van der Waals surface area contributed by atoms with Crippen molar-refractivity contribution in [1.82, 2.24) is 4.90 Å². The lowest BCUT2D eigenvalue weighted by atomic mass is 9.92. The molecule has 5 heteroatoms. The predicted molar refractivity (Wildman–Crippen MR) is 91.3 cm³/mol. The van der Waals surface area contributed by atoms with Crippen molar-refractivity contribution in [3.63, 3.8) is 0 Å². The number of carbonyl (C=O) groups excluding carboxylic acids is 1. The smallest absolute Gasteiger partial charge is 0.225 e. The normalized spacial score (nSPS) is 22.4. The molecular weight excluding hydrogens is 307 g/mol. The summed E-state index contributed by atoms with van der Waals surface area (Å²) in [6.07, 6.45) is 1.84. The summed E-state index contributed by atoms with van der Waals surface area (Å²) in [5.74, 6) is 1.54. The van der Waals surface area contributed by atoms with Crippen LogP contribution >= 0.6 is 24.0 Å². The summed E-state index contributed by atoms with van der Waals surface area (Å²) in [7, 11) is 0. The van der Waals surface area contributed by atoms with Gasteiger partial charge in [0.05, 0.1) is 0 Å². The summed E-state index contributed by atoms with van der Waals surface area (Å²) in [6.45, 7) is 7.64. The topological polar surface area (TPSA) is 32.3 Å². The molecule has 2 atom stereocenters. The number of piperidine rings is 1. The molecule has 21 heavy (non-hydrogen) atoms. The van der Waals surface area contributed by atoms with Crippen LogP contribution < -0.4 is 5.32 Å². The molecule has 0 spiro atoms. The second-order valence-corrected chi connectivity index (χ2v) is 6.45. The first-order chi connectivity index (χ1) is 9.52. The monoisotopic (exact) mass is 330 g/mol. The van der Waals surface area contributed by atoms with E-state index in [9.17, 15) is 4.79 Å². The van der Waals surface area contributed by atoms with Crippen molar-refractivity contribution in [3.05, 3.63) is 29.3 Å². The van der Waals surface area contributed by atoms with Gasteiger partial charge >= 0.3 is 0 Å². The number of nitrogens with one attached hydrogen (secondary N) is 1. The SMILES string of the molecule is CC1CC(C)CN(CCC(=O)Nc2ccc(Cl)cc2)C1.Cl. The largest absolute Gasteiger partial charge is 0.326 e. The third-order valence-corrected chi connectivity index (χ3v) is 3.98. The van der Waals surface area contributed by atoms with Crippen molar-refractivity contribution in [1.29, 1.82) is 0 Å². The fraction of sp³-hybridized carbons (Fsp3) is 0.562. The van der Waals surface area contributed by atoms with E-state index in [1.54, 1.807) is 12.1 Å². The van der Waals surface area contributed by atoms with Crippen LogP contribution in [-0.4, -0.2) is 30.4 Å². The van der Waals surface area contributed by atoms with Gasteiger partial charge < -0.3 is 10.2 Å². The molecule has 1 aromatic rings. The number of nitrogens with zero attached hydrogens (tertiary/aromatic N) is 1. The van der Waals surface area contributed by atoms with E-state index in [0.29, 0.717) is 11.4 Å². The molecule has 118 valence electrons. The zero-order chi connectivity index (χ0) is 14.5. The highest BCUT2D eigenvalue weighted by molar-refractivity contribution is 6.30. The minimum Gasteiger partial charge on any atom is -0.326 e. The number of carbonyl (C=O) groups is 1. The maximum atomic E-state index is 11.9. The summed E-state index contributed by atoms with van der Waals surface area (Å²) in [5.41, 5.74) is 0.805. The Morgan fingerprint density at radius 1 is 1.24 bits per heavy atom. The zero-order valence-corrected chi connectivity index (χ0v) is 14.2. The molecule has 1 N–H and O–H groups in total. The van der Waals surface area contributed by atoms with Gasteiger partial charge in [-0.1, -0.05) is 25.4 Å². The predicted octanol–water partition coefficient (Wildman–Crippen LogP) is 4.07. The Morgan fingerprint density at radius 2 is 1.81 bits per heavy atom. The minimum atomic E-state index is 0. The van der Waals surface area contributed by atoms with Crippen LogP contribution in [-0.2, 0) is 4.79 Å². The molecule has 3 nitrogen and oxygen atoms in total. The Balaban J connectivity index is 0.00000220. The van der Waals surface area contributed by atoms with E-state index in [1.165, 1.54) is 6.42 Å². The number of amides is 1. The molecule has 0 aliphatic carbocycles. The number of hydrogen-bond acceptors (Lipinski definition) is 2. The van der Waals surface area contributed by atoms with Crippen LogP contribution in [0.5, 0.6) is 0 Å². The third-order valence-electron chi connectivity index (χ3n) is 3.73. The second-order valence-electron chi connectivity index (χ2n) is 6.01. The van der Waals surface area contributed by atoms with E-state index in [2.05, 4.69) is 24.1 Å². The summed E-state index contributed by atoms with van der Waals surface area (Å²) in [5, 5.41) is 3.59. The molecule has 0 radical (unpaired) electrons. The molecular formula is C16H24Cl2N2O. The van der Waals surface area contributed by atoms with Gasteiger partial charge in [0.25, 0.3) is 0 Å². The molecule has 1 heterocycles. The molecule has 2 rings (SSSR count). The van der Waals surface area contributed by atoms with Gasteiger partial charge in [0.1, 0.15) is 0 Å². The van der Waals surface area contributed by atoms with E-state index in [4.69, 9.17) is 11.6 Å². The second kappa shape index (κ2) is 8.62. The molecule has 2 unspecified atom stereocenters. The van der Waals surface area contributed by atoms with Crippen LogP contribution in [0.15, 0.2) is 24.3 Å². The number of halogens is 2. The average Bonchev–Trinajstić information content (AvgIpc) is 2.38. The summed E-state index contributed by atoms with van der Waals surface area (Å²) in [6, 6.07) is 7.22. The molecule has 1 amide bonds. The number of hydrogen-bond donors (Lipinski definition) is 1. The van der Waals surface area contributed by atoms with Gasteiger partial charge in [0.15, 0.2) is 0 Å². The number of rotatable bonds is 4. The number of anilines is 1. The van der Waals surface area contributed by atoms with Crippen molar-refractivity contribution in [2.24, 2.45) is 11.8 Å². The number of benzene rings is 1. The molecule has 1 aliphatic heterocycles. The average molecular weight is 331 g/mol. The minimum absolute atomic E-state index is 0. The Kier molecular flexibility index (Phi) is 7.50. The first-order valence-electron chi connectivity index (χ1n) is 7.30. The van der Waals surface area contributed by atoms with Crippen molar-refractivity contribution in [3.8, 4) is 0 Å². The lowest BCUT2D eigenvalue weighted by Crippen LogP contribution is -2.40. The van der Waals surface area contributed by atoms with Gasteiger partial charge in [-0.2, -0.15) is 0 Å². The molecule has 1 fully saturated rings. The van der Waals surface area contributed by atoms with Crippen LogP contribution in [0.25, 0.3) is 0 Å². The van der Waals surface area contributed by atoms with Crippen molar-refractivity contribution in [2.75, 3.05) is 25.0 Å². The van der Waals surface area contributed by atoms with Crippen LogP contribution in [0.2, 0.25) is 5.02 Å². The van der Waals surface area contributed by atoms with Crippen molar-refractivity contribution >= 4 is 35.6 Å². The van der Waals surface area contributed by atoms with Gasteiger partial charge in [0, 0.05) is 36.8 Å². The van der Waals surface area contributed by atoms with Crippen LogP contribution in [0.1, 0.15) is 26.7 Å². The van der Waals surface area contributed by atoms with Crippen molar-refractivity contribution in [2.45, 2.75) is 26.7 Å². The summed E-state index contributed by atoms with van der Waals surface area (Å²) in [4.78, 5) is 14.3. The highest BCUT2D eigenvalue weighted by Crippen LogP contribution is 2.21. The van der Waals surface area contributed by atoms with E-state index < -0.39 is 0 Å². The lowest BCUT2D eigenvalue weighted by molar-refractivity contribution is -0.116. The highest BCUT2D eigenvalue weighted by atomic mass is 35.5. The van der Waals surface area contributed by atoms with Gasteiger partial charge in [-0.05, 0) is 42.5 Å². The summed E-state index contributed by atoms with van der Waals surface area (Å²) >= 11 is 5.82. The van der Waals surface area contributed by atoms with Gasteiger partial charge in [0.2, 0.25) is 5.91 Å². The first-order valence-corrected chi connectivity index (χ1v) is 7.68. The molecule has 1 aromatic carbocycles. The van der Waals surface area contributed by atoms with Gasteiger partial charge in [-0.25, -0.2) is 0 Å². The summed E-state index contributed by atoms with van der Waals surface area (Å²) < 4.78 is 0. The maximum absolute atomic E-state index is 11.9. The Morgan fingerprint density at radius 3 is 2.38 bits per heavy atom. The van der Waals surface area contributed by atoms with E-state index >= 15 is 0 Å². The Hall–Kier alpha value is -0.770. The third kappa shape index (κ3) is 6.25.